The standard InChI is InChI=1S/C13H15NO2/c1-2-9-14(11-13(15)16)10-8-12-6-4-3-5-7-12/h1,3-7H,8-11H2,(H,15,16). The van der Waals surface area contributed by atoms with E-state index in [0.29, 0.717) is 13.1 Å². The molecule has 84 valence electrons. The van der Waals surface area contributed by atoms with E-state index >= 15 is 0 Å². The van der Waals surface area contributed by atoms with Crippen molar-refractivity contribution in [2.75, 3.05) is 19.6 Å². The van der Waals surface area contributed by atoms with E-state index in [4.69, 9.17) is 11.5 Å². The predicted molar refractivity (Wildman–Crippen MR) is 63.1 cm³/mol. The maximum absolute atomic E-state index is 10.6. The van der Waals surface area contributed by atoms with Crippen molar-refractivity contribution in [3.05, 3.63) is 35.9 Å². The van der Waals surface area contributed by atoms with Crippen LogP contribution in [0.15, 0.2) is 30.3 Å². The minimum Gasteiger partial charge on any atom is -0.480 e. The summed E-state index contributed by atoms with van der Waals surface area (Å²) < 4.78 is 0. The molecule has 0 amide bonds. The van der Waals surface area contributed by atoms with Crippen LogP contribution in [-0.4, -0.2) is 35.6 Å². The van der Waals surface area contributed by atoms with Crippen LogP contribution >= 0.6 is 0 Å². The van der Waals surface area contributed by atoms with Crippen molar-refractivity contribution in [3.8, 4) is 12.3 Å². The van der Waals surface area contributed by atoms with E-state index < -0.39 is 5.97 Å². The number of terminal acetylenes is 1. The summed E-state index contributed by atoms with van der Waals surface area (Å²) in [5.41, 5.74) is 1.19. The van der Waals surface area contributed by atoms with Crippen LogP contribution in [-0.2, 0) is 11.2 Å². The first-order valence-corrected chi connectivity index (χ1v) is 5.14. The van der Waals surface area contributed by atoms with Gasteiger partial charge in [-0.2, -0.15) is 0 Å². The van der Waals surface area contributed by atoms with E-state index in [1.54, 1.807) is 4.90 Å². The number of aliphatic carboxylic acids is 1. The zero-order valence-corrected chi connectivity index (χ0v) is 9.10. The second-order valence-electron chi connectivity index (χ2n) is 3.54. The fraction of sp³-hybridized carbons (Fsp3) is 0.308. The molecule has 16 heavy (non-hydrogen) atoms. The third-order valence-corrected chi connectivity index (χ3v) is 2.23. The highest BCUT2D eigenvalue weighted by Crippen LogP contribution is 2.01. The van der Waals surface area contributed by atoms with Crippen LogP contribution < -0.4 is 0 Å². The Labute approximate surface area is 95.7 Å². The van der Waals surface area contributed by atoms with Gasteiger partial charge in [0.25, 0.3) is 0 Å². The van der Waals surface area contributed by atoms with Gasteiger partial charge in [-0.15, -0.1) is 6.42 Å². The molecule has 0 fully saturated rings. The number of carbonyl (C=O) groups is 1. The van der Waals surface area contributed by atoms with Gasteiger partial charge < -0.3 is 5.11 Å². The average Bonchev–Trinajstić information content (AvgIpc) is 2.27. The second kappa shape index (κ2) is 6.65. The van der Waals surface area contributed by atoms with Gasteiger partial charge in [0.1, 0.15) is 0 Å². The molecule has 1 aromatic carbocycles. The Hall–Kier alpha value is -1.79. The van der Waals surface area contributed by atoms with Crippen molar-refractivity contribution in [3.63, 3.8) is 0 Å². The lowest BCUT2D eigenvalue weighted by atomic mass is 10.1. The monoisotopic (exact) mass is 217 g/mol. The second-order valence-corrected chi connectivity index (χ2v) is 3.54. The van der Waals surface area contributed by atoms with Crippen molar-refractivity contribution in [2.45, 2.75) is 6.42 Å². The molecule has 0 unspecified atom stereocenters. The van der Waals surface area contributed by atoms with Crippen molar-refractivity contribution < 1.29 is 9.90 Å². The van der Waals surface area contributed by atoms with E-state index in [9.17, 15) is 4.79 Å². The minimum atomic E-state index is -0.844. The first-order valence-electron chi connectivity index (χ1n) is 5.14. The zero-order valence-electron chi connectivity index (χ0n) is 9.10. The average molecular weight is 217 g/mol. The van der Waals surface area contributed by atoms with Crippen LogP contribution in [0.5, 0.6) is 0 Å². The topological polar surface area (TPSA) is 40.5 Å². The number of rotatable bonds is 6. The molecule has 0 spiro atoms. The Morgan fingerprint density at radius 2 is 2.06 bits per heavy atom. The summed E-state index contributed by atoms with van der Waals surface area (Å²) in [5.74, 6) is 1.63. The smallest absolute Gasteiger partial charge is 0.317 e. The van der Waals surface area contributed by atoms with Gasteiger partial charge in [0.05, 0.1) is 13.1 Å². The van der Waals surface area contributed by atoms with Gasteiger partial charge in [0, 0.05) is 6.54 Å². The Morgan fingerprint density at radius 1 is 1.38 bits per heavy atom. The number of hydrogen-bond acceptors (Lipinski definition) is 2. The molecule has 0 heterocycles. The molecule has 3 nitrogen and oxygen atoms in total. The molecule has 1 rings (SSSR count). The number of nitrogens with zero attached hydrogens (tertiary/aromatic N) is 1. The lowest BCUT2D eigenvalue weighted by Crippen LogP contribution is -2.32. The van der Waals surface area contributed by atoms with Gasteiger partial charge in [-0.1, -0.05) is 36.3 Å². The SMILES string of the molecule is C#CCN(CCc1ccccc1)CC(=O)O. The summed E-state index contributed by atoms with van der Waals surface area (Å²) in [4.78, 5) is 12.3. The van der Waals surface area contributed by atoms with Gasteiger partial charge in [-0.05, 0) is 12.0 Å². The maximum atomic E-state index is 10.6. The molecular formula is C13H15NO2. The zero-order chi connectivity index (χ0) is 11.8. The summed E-state index contributed by atoms with van der Waals surface area (Å²) in [5, 5.41) is 8.70. The third kappa shape index (κ3) is 4.63. The lowest BCUT2D eigenvalue weighted by molar-refractivity contribution is -0.138. The fourth-order valence-electron chi connectivity index (χ4n) is 1.47. The van der Waals surface area contributed by atoms with Crippen LogP contribution in [0.3, 0.4) is 0 Å². The van der Waals surface area contributed by atoms with Crippen molar-refractivity contribution in [1.82, 2.24) is 4.90 Å². The Balaban J connectivity index is 2.44. The van der Waals surface area contributed by atoms with Crippen LogP contribution in [0.25, 0.3) is 0 Å². The number of hydrogen-bond donors (Lipinski definition) is 1. The van der Waals surface area contributed by atoms with Crippen LogP contribution in [0, 0.1) is 12.3 Å². The molecule has 0 saturated carbocycles. The van der Waals surface area contributed by atoms with Gasteiger partial charge in [0.2, 0.25) is 0 Å². The molecule has 0 atom stereocenters. The van der Waals surface area contributed by atoms with Crippen LogP contribution in [0.2, 0.25) is 0 Å². The van der Waals surface area contributed by atoms with E-state index in [1.807, 2.05) is 30.3 Å². The Kier molecular flexibility index (Phi) is 5.10. The number of carboxylic acids is 1. The first kappa shape index (κ1) is 12.3. The highest BCUT2D eigenvalue weighted by atomic mass is 16.4. The number of benzene rings is 1. The molecule has 3 heteroatoms. The highest BCUT2D eigenvalue weighted by Gasteiger charge is 2.07. The largest absolute Gasteiger partial charge is 0.480 e. The first-order chi connectivity index (χ1) is 7.72. The van der Waals surface area contributed by atoms with Crippen molar-refractivity contribution in [1.29, 1.82) is 0 Å². The van der Waals surface area contributed by atoms with Crippen LogP contribution in [0.4, 0.5) is 0 Å². The number of carboxylic acid groups (broad SMARTS) is 1. The molecule has 0 aliphatic carbocycles. The van der Waals surface area contributed by atoms with Crippen LogP contribution in [0.1, 0.15) is 5.56 Å². The van der Waals surface area contributed by atoms with Crippen molar-refractivity contribution >= 4 is 5.97 Å². The molecule has 1 aromatic rings. The summed E-state index contributed by atoms with van der Waals surface area (Å²) in [6.07, 6.45) is 6.00. The van der Waals surface area contributed by atoms with E-state index in [2.05, 4.69) is 5.92 Å². The highest BCUT2D eigenvalue weighted by molar-refractivity contribution is 5.69. The quantitative estimate of drug-likeness (QED) is 0.729. The van der Waals surface area contributed by atoms with E-state index in [0.717, 1.165) is 6.42 Å². The predicted octanol–water partition coefficient (Wildman–Crippen LogP) is 1.25. The summed E-state index contributed by atoms with van der Waals surface area (Å²) >= 11 is 0. The van der Waals surface area contributed by atoms with Gasteiger partial charge >= 0.3 is 5.97 Å². The van der Waals surface area contributed by atoms with Gasteiger partial charge in [-0.3, -0.25) is 9.69 Å². The Bertz CT molecular complexity index is 367. The molecule has 0 aliphatic heterocycles. The lowest BCUT2D eigenvalue weighted by Gasteiger charge is -2.16. The Morgan fingerprint density at radius 3 is 2.62 bits per heavy atom. The van der Waals surface area contributed by atoms with Crippen molar-refractivity contribution in [2.24, 2.45) is 0 Å². The molecule has 0 saturated heterocycles. The van der Waals surface area contributed by atoms with E-state index in [1.165, 1.54) is 5.56 Å². The van der Waals surface area contributed by atoms with Gasteiger partial charge in [0.15, 0.2) is 0 Å². The summed E-state index contributed by atoms with van der Waals surface area (Å²) in [7, 11) is 0. The molecule has 0 aliphatic rings. The fourth-order valence-corrected chi connectivity index (χ4v) is 1.47. The summed E-state index contributed by atoms with van der Waals surface area (Å²) in [6.45, 7) is 1.04. The molecule has 0 radical (unpaired) electrons. The molecule has 0 aromatic heterocycles. The maximum Gasteiger partial charge on any atom is 0.317 e. The third-order valence-electron chi connectivity index (χ3n) is 2.23. The van der Waals surface area contributed by atoms with E-state index in [-0.39, 0.29) is 6.54 Å². The summed E-state index contributed by atoms with van der Waals surface area (Å²) in [6, 6.07) is 9.94. The normalized spacial score (nSPS) is 10.0. The molecular weight excluding hydrogens is 202 g/mol. The minimum absolute atomic E-state index is 0.00294. The van der Waals surface area contributed by atoms with Gasteiger partial charge in [-0.25, -0.2) is 0 Å². The molecule has 0 bridgehead atoms. The molecule has 1 N–H and O–H groups in total.